The van der Waals surface area contributed by atoms with Crippen molar-refractivity contribution in [3.05, 3.63) is 152 Å². The Labute approximate surface area is 430 Å². The van der Waals surface area contributed by atoms with Gasteiger partial charge in [0, 0.05) is 42.7 Å². The number of nitrogens with two attached hydrogens (primary N) is 1. The zero-order valence-corrected chi connectivity index (χ0v) is 41.0. The second-order valence-electron chi connectivity index (χ2n) is 18.9. The lowest BCUT2D eigenvalue weighted by molar-refractivity contribution is -0.788. The van der Waals surface area contributed by atoms with E-state index in [1.807, 2.05) is 74.6 Å². The van der Waals surface area contributed by atoms with Crippen molar-refractivity contribution >= 4 is 5.91 Å². The molecule has 4 aromatic carbocycles. The molecule has 21 heteroatoms. The molecule has 1 amide bonds. The fourth-order valence-electron chi connectivity index (χ4n) is 9.67. The van der Waals surface area contributed by atoms with Crippen molar-refractivity contribution in [2.45, 2.75) is 160 Å². The first kappa shape index (κ1) is 64.0. The van der Waals surface area contributed by atoms with Gasteiger partial charge >= 0.3 is 24.7 Å². The number of carbonyl (C=O) groups is 1. The van der Waals surface area contributed by atoms with Gasteiger partial charge in [-0.05, 0) is 92.6 Å². The number of hydrogen-bond acceptors (Lipinski definition) is 6. The van der Waals surface area contributed by atoms with Gasteiger partial charge in [0.1, 0.15) is 18.7 Å². The van der Waals surface area contributed by atoms with Crippen molar-refractivity contribution in [1.29, 1.82) is 0 Å². The van der Waals surface area contributed by atoms with E-state index in [0.717, 1.165) is 11.1 Å². The molecule has 0 aliphatic carbocycles. The van der Waals surface area contributed by atoms with Gasteiger partial charge < -0.3 is 25.4 Å². The molecule has 0 aromatic heterocycles. The predicted molar refractivity (Wildman–Crippen MR) is 261 cm³/mol. The van der Waals surface area contributed by atoms with Crippen LogP contribution < -0.4 is 16.0 Å². The summed E-state index contributed by atoms with van der Waals surface area (Å²) in [7, 11) is 0. The molecular weight excluding hydrogens is 1010 g/mol. The lowest BCUT2D eigenvalue weighted by Crippen LogP contribution is -3.01. The molecule has 0 radical (unpaired) electrons. The third-order valence-electron chi connectivity index (χ3n) is 14.0. The van der Waals surface area contributed by atoms with Gasteiger partial charge in [0.25, 0.3) is 5.54 Å². The summed E-state index contributed by atoms with van der Waals surface area (Å²) in [6.45, 7) is 9.36. The Kier molecular flexibility index (Phi) is 21.6. The summed E-state index contributed by atoms with van der Waals surface area (Å²) in [5, 5.41) is 20.2. The summed E-state index contributed by atoms with van der Waals surface area (Å²) in [5.74, 6) is -0.00565. The number of nitrogens with one attached hydrogen (secondary N) is 2. The molecule has 0 bridgehead atoms. The number of hydrogen-bond donors (Lipinski definition) is 3. The topological polar surface area (TPSA) is 119 Å². The van der Waals surface area contributed by atoms with E-state index in [1.54, 1.807) is 12.1 Å². The van der Waals surface area contributed by atoms with E-state index >= 15 is 0 Å². The molecule has 3 fully saturated rings. The van der Waals surface area contributed by atoms with Crippen molar-refractivity contribution in [3.8, 4) is 0 Å². The third kappa shape index (κ3) is 15.7. The van der Waals surface area contributed by atoms with Crippen LogP contribution in [0.15, 0.2) is 97.1 Å². The lowest BCUT2D eigenvalue weighted by Gasteiger charge is -2.46. The van der Waals surface area contributed by atoms with E-state index < -0.39 is 75.8 Å². The van der Waals surface area contributed by atoms with Gasteiger partial charge in [-0.3, -0.25) is 14.9 Å². The molecule has 6 atom stereocenters. The number of rotatable bonds is 13. The van der Waals surface area contributed by atoms with Gasteiger partial charge in [-0.15, -0.1) is 0 Å². The Morgan fingerprint density at radius 1 is 0.640 bits per heavy atom. The summed E-state index contributed by atoms with van der Waals surface area (Å²) in [5.41, 5.74) is -7.20. The van der Waals surface area contributed by atoms with Crippen LogP contribution >= 0.6 is 0 Å². The Bertz CT molecular complexity index is 2390. The van der Waals surface area contributed by atoms with E-state index in [4.69, 9.17) is 9.47 Å². The first-order valence-electron chi connectivity index (χ1n) is 24.0. The zero-order valence-electron chi connectivity index (χ0n) is 41.0. The SMILES string of the molecule is C.C.CC.CCC[C@@]1([N+](=O)[O-])CC[C@@](CO[C@H](C)c2cc(C(F)(F)F)cc(C(F)(F)F)c2)(c2ccccc2)[NH2+]C1.C[C@@H](OC[C@@]1(c2ccccc2)CC[C@]2(CCC(=O)N2)CN1)c1cc(C(F)(F)F)cc(C(F)(F)F)c1. The Morgan fingerprint density at radius 2 is 1.08 bits per heavy atom. The molecule has 418 valence electrons. The van der Waals surface area contributed by atoms with Gasteiger partial charge in [-0.2, -0.15) is 52.7 Å². The molecule has 3 heterocycles. The van der Waals surface area contributed by atoms with Crippen molar-refractivity contribution in [2.75, 3.05) is 26.3 Å². The van der Waals surface area contributed by atoms with Crippen LogP contribution in [0.1, 0.15) is 158 Å². The number of benzene rings is 4. The van der Waals surface area contributed by atoms with Gasteiger partial charge in [0.05, 0.1) is 52.1 Å². The van der Waals surface area contributed by atoms with Gasteiger partial charge in [0.15, 0.2) is 0 Å². The molecule has 3 aliphatic heterocycles. The molecule has 4 N–H and O–H groups in total. The summed E-state index contributed by atoms with van der Waals surface area (Å²) in [4.78, 5) is 23.4. The molecule has 75 heavy (non-hydrogen) atoms. The number of amides is 1. The van der Waals surface area contributed by atoms with Gasteiger partial charge in [-0.25, -0.2) is 0 Å². The quantitative estimate of drug-likeness (QED) is 0.0697. The summed E-state index contributed by atoms with van der Waals surface area (Å²) in [6, 6.07) is 21.4. The average molecular weight is 1080 g/mol. The minimum Gasteiger partial charge on any atom is -0.372 e. The average Bonchev–Trinajstić information content (AvgIpc) is 3.72. The van der Waals surface area contributed by atoms with Gasteiger partial charge in [-0.1, -0.05) is 96.3 Å². The Balaban J connectivity index is 0.000000373. The molecule has 9 nitrogen and oxygen atoms in total. The highest BCUT2D eigenvalue weighted by Crippen LogP contribution is 2.43. The van der Waals surface area contributed by atoms with E-state index in [9.17, 15) is 67.6 Å². The summed E-state index contributed by atoms with van der Waals surface area (Å²) < 4.78 is 171. The zero-order chi connectivity index (χ0) is 54.3. The van der Waals surface area contributed by atoms with Crippen LogP contribution in [-0.4, -0.2) is 48.2 Å². The van der Waals surface area contributed by atoms with Crippen LogP contribution in [0.4, 0.5) is 52.7 Å². The van der Waals surface area contributed by atoms with Crippen LogP contribution in [0, 0.1) is 10.1 Å². The normalized spacial score (nSPS) is 23.7. The predicted octanol–water partition coefficient (Wildman–Crippen LogP) is 13.9. The van der Waals surface area contributed by atoms with Crippen molar-refractivity contribution in [2.24, 2.45) is 0 Å². The Hall–Kier alpha value is -5.25. The van der Waals surface area contributed by atoms with Crippen LogP contribution in [0.25, 0.3) is 0 Å². The highest BCUT2D eigenvalue weighted by molar-refractivity contribution is 5.79. The van der Waals surface area contributed by atoms with Crippen molar-refractivity contribution < 1.29 is 77.2 Å². The molecule has 1 spiro atoms. The second-order valence-corrected chi connectivity index (χ2v) is 18.9. The molecule has 0 unspecified atom stereocenters. The highest BCUT2D eigenvalue weighted by atomic mass is 19.4. The van der Waals surface area contributed by atoms with Crippen LogP contribution in [0.3, 0.4) is 0 Å². The number of nitro groups is 1. The van der Waals surface area contributed by atoms with Crippen molar-refractivity contribution in [3.63, 3.8) is 0 Å². The fraction of sp³-hybridized carbons (Fsp3) is 0.537. The monoisotopic (exact) mass is 1080 g/mol. The van der Waals surface area contributed by atoms with E-state index in [0.29, 0.717) is 75.8 Å². The maximum Gasteiger partial charge on any atom is 0.416 e. The first-order valence-corrected chi connectivity index (χ1v) is 24.0. The molecule has 3 aliphatic rings. The minimum absolute atomic E-state index is 0. The van der Waals surface area contributed by atoms with E-state index in [-0.39, 0.29) is 80.7 Å². The number of alkyl halides is 12. The number of halogens is 12. The third-order valence-corrected chi connectivity index (χ3v) is 14.0. The van der Waals surface area contributed by atoms with Gasteiger partial charge in [0.2, 0.25) is 5.91 Å². The maximum absolute atomic E-state index is 13.3. The minimum atomic E-state index is -4.96. The number of quaternary nitrogens is 1. The molecular formula is C54H69F12N4O5+. The van der Waals surface area contributed by atoms with Crippen molar-refractivity contribution in [1.82, 2.24) is 10.6 Å². The number of carbonyl (C=O) groups excluding carboxylic acids is 1. The summed E-state index contributed by atoms with van der Waals surface area (Å²) >= 11 is 0. The highest BCUT2D eigenvalue weighted by Gasteiger charge is 2.54. The first-order chi connectivity index (χ1) is 34.0. The second kappa shape index (κ2) is 25.3. The fourth-order valence-corrected chi connectivity index (χ4v) is 9.67. The van der Waals surface area contributed by atoms with E-state index in [1.165, 1.54) is 13.8 Å². The molecule has 4 aromatic rings. The smallest absolute Gasteiger partial charge is 0.372 e. The maximum atomic E-state index is 13.3. The Morgan fingerprint density at radius 3 is 1.43 bits per heavy atom. The van der Waals surface area contributed by atoms with Crippen LogP contribution in [0.2, 0.25) is 0 Å². The van der Waals surface area contributed by atoms with E-state index in [2.05, 4.69) is 10.6 Å². The molecule has 0 saturated carbocycles. The number of ether oxygens (including phenoxy) is 2. The standard InChI is InChI=1S/C25H28F6N2O3.C25H26F6N2O2.C2H6.2CH4/c1-3-9-22(33(34)35)10-11-23(32-15-22,19-7-5-4-6-8-19)16-36-17(2)18-12-20(24(26,27)28)14-21(13-18)25(29,30)31;1-16(17-11-19(24(26,27)28)13-20(12-17)25(29,30)31)35-15-23(18-5-3-2-4-6-18)10-9-22(14-32-23)8-7-21(34)33-22;1-2;;/h4-8,12-14,17,32H,3,9-11,15-16H2,1-2H3;2-6,11-13,16,32H,7-10,14-15H2,1H3,(H,33,34);1-2H3;2*1H4/p+1/t17-,22-,23-;16-,22-,23-;;;/m11.../s1. The number of nitrogens with zero attached hydrogens (tertiary/aromatic N) is 1. The lowest BCUT2D eigenvalue weighted by atomic mass is 9.75. The van der Waals surface area contributed by atoms with Crippen LogP contribution in [-0.2, 0) is 50.1 Å². The molecule has 3 saturated heterocycles. The largest absolute Gasteiger partial charge is 0.416 e. The van der Waals surface area contributed by atoms with Crippen LogP contribution in [0.5, 0.6) is 0 Å². The number of piperidine rings is 2. The molecule has 7 rings (SSSR count). The summed E-state index contributed by atoms with van der Waals surface area (Å²) in [6.07, 6.45) is -17.8.